The van der Waals surface area contributed by atoms with Crippen LogP contribution in [0.25, 0.3) is 5.69 Å². The SMILES string of the molecule is CC1CCCc2c(C(F)(F)F)nn(-c3cccc(C(=O)N(C)c4ccc5c(c4)S(=O)(=O)CC5)c3)c21. The van der Waals surface area contributed by atoms with Crippen LogP contribution in [0.4, 0.5) is 18.9 Å². The lowest BCUT2D eigenvalue weighted by Gasteiger charge is -2.22. The van der Waals surface area contributed by atoms with Crippen molar-refractivity contribution in [3.63, 3.8) is 0 Å². The molecular formula is C25H24F3N3O3S. The topological polar surface area (TPSA) is 72.3 Å². The van der Waals surface area contributed by atoms with Gasteiger partial charge < -0.3 is 4.90 Å². The molecule has 2 aliphatic rings. The third-order valence-corrected chi connectivity index (χ3v) is 8.67. The third-order valence-electron chi connectivity index (χ3n) is 6.88. The highest BCUT2D eigenvalue weighted by Crippen LogP contribution is 2.41. The Kier molecular flexibility index (Phi) is 5.54. The number of carbonyl (C=O) groups excluding carboxylic acids is 1. The van der Waals surface area contributed by atoms with Crippen LogP contribution in [0.2, 0.25) is 0 Å². The highest BCUT2D eigenvalue weighted by Gasteiger charge is 2.41. The van der Waals surface area contributed by atoms with Gasteiger partial charge in [-0.05, 0) is 67.5 Å². The Bertz CT molecular complexity index is 1440. The van der Waals surface area contributed by atoms with Crippen molar-refractivity contribution in [2.24, 2.45) is 0 Å². The lowest BCUT2D eigenvalue weighted by atomic mass is 9.87. The number of rotatable bonds is 3. The maximum Gasteiger partial charge on any atom is 0.435 e. The number of amides is 1. The lowest BCUT2D eigenvalue weighted by Crippen LogP contribution is -2.26. The molecule has 1 aliphatic heterocycles. The number of sulfone groups is 1. The Morgan fingerprint density at radius 3 is 2.66 bits per heavy atom. The number of nitrogens with zero attached hydrogens (tertiary/aromatic N) is 3. The first kappa shape index (κ1) is 23.6. The highest BCUT2D eigenvalue weighted by molar-refractivity contribution is 7.91. The number of hydrogen-bond acceptors (Lipinski definition) is 4. The monoisotopic (exact) mass is 503 g/mol. The molecule has 5 rings (SSSR count). The first-order valence-electron chi connectivity index (χ1n) is 11.4. The van der Waals surface area contributed by atoms with Crippen molar-refractivity contribution in [3.05, 3.63) is 70.5 Å². The van der Waals surface area contributed by atoms with Crippen LogP contribution in [-0.4, -0.2) is 36.9 Å². The van der Waals surface area contributed by atoms with Gasteiger partial charge in [0, 0.05) is 23.9 Å². The number of alkyl halides is 3. The van der Waals surface area contributed by atoms with Crippen molar-refractivity contribution >= 4 is 21.4 Å². The molecule has 1 aromatic heterocycles. The summed E-state index contributed by atoms with van der Waals surface area (Å²) in [4.78, 5) is 14.9. The van der Waals surface area contributed by atoms with Crippen molar-refractivity contribution in [2.75, 3.05) is 17.7 Å². The molecule has 0 radical (unpaired) electrons. The van der Waals surface area contributed by atoms with E-state index >= 15 is 0 Å². The molecule has 10 heteroatoms. The predicted octanol–water partition coefficient (Wildman–Crippen LogP) is 4.94. The lowest BCUT2D eigenvalue weighted by molar-refractivity contribution is -0.142. The molecule has 2 aromatic carbocycles. The van der Waals surface area contributed by atoms with E-state index in [2.05, 4.69) is 5.10 Å². The number of benzene rings is 2. The van der Waals surface area contributed by atoms with Crippen molar-refractivity contribution in [1.29, 1.82) is 0 Å². The van der Waals surface area contributed by atoms with Gasteiger partial charge in [-0.2, -0.15) is 18.3 Å². The molecule has 1 amide bonds. The average Bonchev–Trinajstić information content (AvgIpc) is 3.37. The fourth-order valence-electron chi connectivity index (χ4n) is 5.05. The Hall–Kier alpha value is -3.14. The second kappa shape index (κ2) is 8.22. The number of anilines is 1. The van der Waals surface area contributed by atoms with E-state index in [-0.39, 0.29) is 27.7 Å². The number of fused-ring (bicyclic) bond motifs is 2. The Labute approximate surface area is 201 Å². The summed E-state index contributed by atoms with van der Waals surface area (Å²) < 4.78 is 67.0. The summed E-state index contributed by atoms with van der Waals surface area (Å²) in [7, 11) is -1.82. The van der Waals surface area contributed by atoms with E-state index in [1.54, 1.807) is 30.3 Å². The van der Waals surface area contributed by atoms with Crippen LogP contribution >= 0.6 is 0 Å². The number of carbonyl (C=O) groups is 1. The fraction of sp³-hybridized carbons (Fsp3) is 0.360. The maximum atomic E-state index is 13.7. The zero-order chi connectivity index (χ0) is 25.1. The molecular weight excluding hydrogens is 479 g/mol. The predicted molar refractivity (Wildman–Crippen MR) is 125 cm³/mol. The summed E-state index contributed by atoms with van der Waals surface area (Å²) in [5.74, 6) is -0.456. The summed E-state index contributed by atoms with van der Waals surface area (Å²) >= 11 is 0. The molecule has 6 nitrogen and oxygen atoms in total. The molecule has 184 valence electrons. The van der Waals surface area contributed by atoms with E-state index in [0.717, 1.165) is 12.0 Å². The molecule has 0 saturated heterocycles. The van der Waals surface area contributed by atoms with Gasteiger partial charge in [0.1, 0.15) is 0 Å². The van der Waals surface area contributed by atoms with Crippen LogP contribution in [0.5, 0.6) is 0 Å². The fourth-order valence-corrected chi connectivity index (χ4v) is 6.62. The van der Waals surface area contributed by atoms with Crippen LogP contribution in [0.3, 0.4) is 0 Å². The van der Waals surface area contributed by atoms with E-state index in [4.69, 9.17) is 0 Å². The zero-order valence-electron chi connectivity index (χ0n) is 19.3. The second-order valence-corrected chi connectivity index (χ2v) is 11.3. The van der Waals surface area contributed by atoms with Crippen molar-refractivity contribution in [2.45, 2.75) is 49.6 Å². The van der Waals surface area contributed by atoms with Gasteiger partial charge >= 0.3 is 6.18 Å². The minimum absolute atomic E-state index is 0.0536. The standard InChI is InChI=1S/C25H24F3N3O3S/c1-15-5-3-8-20-22(15)31(29-23(20)25(26,27)28)19-7-4-6-17(13-19)24(32)30(2)18-10-9-16-11-12-35(33,34)21(16)14-18/h4,6-7,9-10,13-15H,3,5,8,11-12H2,1-2H3. The molecule has 1 atom stereocenters. The molecule has 1 unspecified atom stereocenters. The average molecular weight is 504 g/mol. The van der Waals surface area contributed by atoms with E-state index in [1.807, 2.05) is 6.92 Å². The number of aryl methyl sites for hydroxylation is 1. The van der Waals surface area contributed by atoms with Crippen LogP contribution < -0.4 is 4.90 Å². The van der Waals surface area contributed by atoms with Gasteiger partial charge in [-0.3, -0.25) is 4.79 Å². The molecule has 0 saturated carbocycles. The normalized spacial score (nSPS) is 18.7. The first-order chi connectivity index (χ1) is 16.5. The zero-order valence-corrected chi connectivity index (χ0v) is 20.1. The van der Waals surface area contributed by atoms with Crippen LogP contribution in [0.15, 0.2) is 47.4 Å². The van der Waals surface area contributed by atoms with E-state index in [9.17, 15) is 26.4 Å². The van der Waals surface area contributed by atoms with Gasteiger partial charge in [0.05, 0.1) is 22.0 Å². The molecule has 0 bridgehead atoms. The maximum absolute atomic E-state index is 13.7. The summed E-state index contributed by atoms with van der Waals surface area (Å²) in [5, 5.41) is 3.94. The van der Waals surface area contributed by atoms with Crippen LogP contribution in [0, 0.1) is 0 Å². The smallest absolute Gasteiger partial charge is 0.311 e. The highest BCUT2D eigenvalue weighted by atomic mass is 32.2. The summed E-state index contributed by atoms with van der Waals surface area (Å²) in [5.41, 5.74) is 1.68. The van der Waals surface area contributed by atoms with E-state index in [0.29, 0.717) is 36.3 Å². The van der Waals surface area contributed by atoms with Crippen molar-refractivity contribution < 1.29 is 26.4 Å². The minimum atomic E-state index is -4.56. The summed E-state index contributed by atoms with van der Waals surface area (Å²) in [6.45, 7) is 1.89. The van der Waals surface area contributed by atoms with Crippen molar-refractivity contribution in [3.8, 4) is 5.69 Å². The van der Waals surface area contributed by atoms with Gasteiger partial charge in [-0.1, -0.05) is 19.1 Å². The van der Waals surface area contributed by atoms with Crippen LogP contribution in [0.1, 0.15) is 58.6 Å². The van der Waals surface area contributed by atoms with Gasteiger partial charge in [-0.15, -0.1) is 0 Å². The summed E-state index contributed by atoms with van der Waals surface area (Å²) in [6.07, 6.45) is -2.36. The number of aromatic nitrogens is 2. The molecule has 3 aromatic rings. The molecule has 1 aliphatic carbocycles. The molecule has 0 spiro atoms. The molecule has 0 N–H and O–H groups in total. The molecule has 2 heterocycles. The van der Waals surface area contributed by atoms with Gasteiger partial charge in [0.2, 0.25) is 0 Å². The Morgan fingerprint density at radius 1 is 1.14 bits per heavy atom. The second-order valence-electron chi connectivity index (χ2n) is 9.19. The molecule has 35 heavy (non-hydrogen) atoms. The molecule has 0 fully saturated rings. The largest absolute Gasteiger partial charge is 0.435 e. The van der Waals surface area contributed by atoms with E-state index < -0.39 is 27.6 Å². The van der Waals surface area contributed by atoms with E-state index in [1.165, 1.54) is 28.8 Å². The van der Waals surface area contributed by atoms with Gasteiger partial charge in [0.25, 0.3) is 5.91 Å². The Morgan fingerprint density at radius 2 is 1.91 bits per heavy atom. The first-order valence-corrected chi connectivity index (χ1v) is 13.1. The van der Waals surface area contributed by atoms with Gasteiger partial charge in [0.15, 0.2) is 15.5 Å². The Balaban J connectivity index is 1.52. The quantitative estimate of drug-likeness (QED) is 0.508. The number of hydrogen-bond donors (Lipinski definition) is 0. The minimum Gasteiger partial charge on any atom is -0.311 e. The van der Waals surface area contributed by atoms with Crippen molar-refractivity contribution in [1.82, 2.24) is 9.78 Å². The summed E-state index contributed by atoms with van der Waals surface area (Å²) in [6, 6.07) is 11.3. The van der Waals surface area contributed by atoms with Crippen LogP contribution in [-0.2, 0) is 28.9 Å². The van der Waals surface area contributed by atoms with Gasteiger partial charge in [-0.25, -0.2) is 13.1 Å². The number of halogens is 3. The third kappa shape index (κ3) is 4.03.